The van der Waals surface area contributed by atoms with Crippen LogP contribution in [-0.2, 0) is 22.4 Å². The third-order valence-electron chi connectivity index (χ3n) is 3.45. The van der Waals surface area contributed by atoms with Crippen LogP contribution < -0.4 is 11.5 Å². The van der Waals surface area contributed by atoms with E-state index in [2.05, 4.69) is 19.9 Å². The number of nitrogens with two attached hydrogens (primary N) is 2. The maximum Gasteiger partial charge on any atom is 0.326 e. The molecule has 2 heterocycles. The van der Waals surface area contributed by atoms with E-state index in [-0.39, 0.29) is 43.1 Å². The number of hydrogen-bond acceptors (Lipinski definition) is 6. The number of H-pyrrole nitrogens is 2. The molecule has 0 aliphatic carbocycles. The number of nitrogens with one attached hydrogen (secondary N) is 2. The zero-order valence-electron chi connectivity index (χ0n) is 15.0. The van der Waals surface area contributed by atoms with Crippen LogP contribution >= 0.6 is 24.8 Å². The van der Waals surface area contributed by atoms with Gasteiger partial charge >= 0.3 is 11.9 Å². The molecule has 15 heteroatoms. The Morgan fingerprint density at radius 1 is 0.897 bits per heavy atom. The molecule has 0 spiro atoms. The minimum atomic E-state index is -1.85. The molecule has 0 unspecified atom stereocenters. The van der Waals surface area contributed by atoms with Crippen LogP contribution in [0.15, 0.2) is 25.0 Å². The molecule has 0 aliphatic heterocycles. The predicted molar refractivity (Wildman–Crippen MR) is 104 cm³/mol. The van der Waals surface area contributed by atoms with Gasteiger partial charge in [0.15, 0.2) is 0 Å². The van der Waals surface area contributed by atoms with E-state index in [0.29, 0.717) is 11.4 Å². The van der Waals surface area contributed by atoms with E-state index in [1.54, 1.807) is 0 Å². The first-order valence-corrected chi connectivity index (χ1v) is 7.28. The lowest BCUT2D eigenvalue weighted by molar-refractivity contribution is -0.144. The molecule has 0 saturated heterocycles. The molecular formula is C14H24Cl2F2N6O5. The standard InChI is InChI=1S/2C7H10FN3O2.2ClH.H2O/c2*8-3-7(9,6(12)13)1-5-2-10-4-11-5;;;/h2*2,4H,1,3,9H2,(H,10,11)(H,12,13);2*1H;1H2/t2*7-;;;/m11.../s1. The van der Waals surface area contributed by atoms with Gasteiger partial charge in [-0.2, -0.15) is 0 Å². The van der Waals surface area contributed by atoms with E-state index in [4.69, 9.17) is 21.7 Å². The summed E-state index contributed by atoms with van der Waals surface area (Å²) in [6, 6.07) is 0. The molecule has 2 rings (SSSR count). The van der Waals surface area contributed by atoms with Crippen molar-refractivity contribution in [3.63, 3.8) is 0 Å². The Labute approximate surface area is 176 Å². The number of imidazole rings is 2. The molecular weight excluding hydrogens is 441 g/mol. The Hall–Kier alpha value is -2.32. The van der Waals surface area contributed by atoms with Crippen molar-refractivity contribution in [3.05, 3.63) is 36.4 Å². The second-order valence-corrected chi connectivity index (χ2v) is 5.70. The van der Waals surface area contributed by atoms with E-state index >= 15 is 0 Å². The van der Waals surface area contributed by atoms with Crippen molar-refractivity contribution in [2.45, 2.75) is 23.9 Å². The monoisotopic (exact) mass is 464 g/mol. The summed E-state index contributed by atoms with van der Waals surface area (Å²) in [7, 11) is 0. The Morgan fingerprint density at radius 3 is 1.38 bits per heavy atom. The molecule has 0 aliphatic rings. The highest BCUT2D eigenvalue weighted by molar-refractivity contribution is 5.85. The molecule has 168 valence electrons. The highest BCUT2D eigenvalue weighted by atomic mass is 35.5. The van der Waals surface area contributed by atoms with Crippen LogP contribution in [0.5, 0.6) is 0 Å². The van der Waals surface area contributed by atoms with Crippen molar-refractivity contribution in [1.29, 1.82) is 0 Å². The molecule has 0 saturated carbocycles. The van der Waals surface area contributed by atoms with Crippen LogP contribution in [0.1, 0.15) is 11.4 Å². The van der Waals surface area contributed by atoms with Gasteiger partial charge in [0.1, 0.15) is 24.4 Å². The van der Waals surface area contributed by atoms with Crippen LogP contribution in [0, 0.1) is 0 Å². The second-order valence-electron chi connectivity index (χ2n) is 5.70. The fraction of sp³-hybridized carbons (Fsp3) is 0.429. The van der Waals surface area contributed by atoms with Crippen molar-refractivity contribution in [2.75, 3.05) is 13.3 Å². The molecule has 0 fully saturated rings. The van der Waals surface area contributed by atoms with Crippen molar-refractivity contribution < 1.29 is 34.1 Å². The lowest BCUT2D eigenvalue weighted by Crippen LogP contribution is -2.52. The summed E-state index contributed by atoms with van der Waals surface area (Å²) >= 11 is 0. The van der Waals surface area contributed by atoms with Gasteiger partial charge in [-0.25, -0.2) is 18.7 Å². The summed E-state index contributed by atoms with van der Waals surface area (Å²) in [5.74, 6) is -2.71. The summed E-state index contributed by atoms with van der Waals surface area (Å²) in [5.41, 5.74) is 7.91. The molecule has 11 nitrogen and oxygen atoms in total. The normalized spacial score (nSPS) is 13.7. The lowest BCUT2D eigenvalue weighted by Gasteiger charge is -2.19. The zero-order valence-corrected chi connectivity index (χ0v) is 16.6. The minimum Gasteiger partial charge on any atom is -0.480 e. The number of carbonyl (C=O) groups is 2. The van der Waals surface area contributed by atoms with Gasteiger partial charge < -0.3 is 37.1 Å². The maximum atomic E-state index is 12.3. The number of carboxylic acid groups (broad SMARTS) is 2. The lowest BCUT2D eigenvalue weighted by atomic mass is 9.97. The molecule has 0 radical (unpaired) electrons. The van der Waals surface area contributed by atoms with Crippen LogP contribution in [0.4, 0.5) is 8.78 Å². The van der Waals surface area contributed by atoms with Gasteiger partial charge in [0.05, 0.1) is 12.7 Å². The van der Waals surface area contributed by atoms with Crippen molar-refractivity contribution in [3.8, 4) is 0 Å². The SMILES string of the molecule is Cl.Cl.N[C@@](CF)(Cc1cnc[nH]1)C(=O)O.N[C@@](CF)(Cc1cnc[nH]1)C(=O)O.O. The minimum absolute atomic E-state index is 0. The van der Waals surface area contributed by atoms with Gasteiger partial charge in [-0.1, -0.05) is 0 Å². The summed E-state index contributed by atoms with van der Waals surface area (Å²) in [6.07, 6.45) is 5.41. The van der Waals surface area contributed by atoms with E-state index < -0.39 is 36.4 Å². The first-order valence-electron chi connectivity index (χ1n) is 7.28. The molecule has 29 heavy (non-hydrogen) atoms. The molecule has 0 bridgehead atoms. The van der Waals surface area contributed by atoms with E-state index in [9.17, 15) is 18.4 Å². The number of nitrogens with zero attached hydrogens (tertiary/aromatic N) is 2. The van der Waals surface area contributed by atoms with Gasteiger partial charge in [-0.15, -0.1) is 24.8 Å². The maximum absolute atomic E-state index is 12.3. The number of hydrogen-bond donors (Lipinski definition) is 6. The summed E-state index contributed by atoms with van der Waals surface area (Å²) in [6.45, 7) is -2.22. The second kappa shape index (κ2) is 13.8. The zero-order chi connectivity index (χ0) is 19.8. The predicted octanol–water partition coefficient (Wildman–Crippen LogP) is -0.573. The van der Waals surface area contributed by atoms with E-state index in [1.165, 1.54) is 25.0 Å². The van der Waals surface area contributed by atoms with E-state index in [0.717, 1.165) is 0 Å². The first kappa shape index (κ1) is 31.4. The number of aliphatic carboxylic acids is 2. The quantitative estimate of drug-likeness (QED) is 0.296. The number of halogens is 4. The Morgan fingerprint density at radius 2 is 1.21 bits per heavy atom. The molecule has 2 aromatic heterocycles. The highest BCUT2D eigenvalue weighted by Gasteiger charge is 2.35. The number of alkyl halides is 2. The van der Waals surface area contributed by atoms with Crippen LogP contribution in [0.25, 0.3) is 0 Å². The summed E-state index contributed by atoms with van der Waals surface area (Å²) in [5, 5.41) is 17.3. The number of aromatic amines is 2. The van der Waals surface area contributed by atoms with Gasteiger partial charge in [0.25, 0.3) is 0 Å². The van der Waals surface area contributed by atoms with Crippen molar-refractivity contribution in [2.24, 2.45) is 11.5 Å². The number of aromatic nitrogens is 4. The third kappa shape index (κ3) is 9.15. The molecule has 2 atom stereocenters. The van der Waals surface area contributed by atoms with Gasteiger partial charge in [0.2, 0.25) is 0 Å². The molecule has 0 amide bonds. The average molecular weight is 465 g/mol. The third-order valence-corrected chi connectivity index (χ3v) is 3.45. The first-order chi connectivity index (χ1) is 12.2. The summed E-state index contributed by atoms with van der Waals surface area (Å²) in [4.78, 5) is 33.8. The van der Waals surface area contributed by atoms with Crippen LogP contribution in [0.3, 0.4) is 0 Å². The number of carboxylic acids is 2. The van der Waals surface area contributed by atoms with Gasteiger partial charge in [0, 0.05) is 36.6 Å². The molecule has 10 N–H and O–H groups in total. The number of rotatable bonds is 8. The Kier molecular flexibility index (Phi) is 14.9. The Balaban J connectivity index is -0.000000422. The van der Waals surface area contributed by atoms with E-state index in [1.807, 2.05) is 0 Å². The fourth-order valence-corrected chi connectivity index (χ4v) is 1.80. The van der Waals surface area contributed by atoms with Gasteiger partial charge in [-0.3, -0.25) is 9.59 Å². The largest absolute Gasteiger partial charge is 0.480 e. The van der Waals surface area contributed by atoms with Crippen LogP contribution in [0.2, 0.25) is 0 Å². The average Bonchev–Trinajstić information content (AvgIpc) is 3.28. The topological polar surface area (TPSA) is 215 Å². The smallest absolute Gasteiger partial charge is 0.326 e. The van der Waals surface area contributed by atoms with Gasteiger partial charge in [-0.05, 0) is 0 Å². The summed E-state index contributed by atoms with van der Waals surface area (Å²) < 4.78 is 24.7. The molecule has 0 aromatic carbocycles. The Bertz CT molecular complexity index is 649. The fourth-order valence-electron chi connectivity index (χ4n) is 1.80. The highest BCUT2D eigenvalue weighted by Crippen LogP contribution is 2.10. The van der Waals surface area contributed by atoms with Crippen LogP contribution in [-0.4, -0.2) is 72.0 Å². The van der Waals surface area contributed by atoms with Crippen molar-refractivity contribution >= 4 is 36.8 Å². The van der Waals surface area contributed by atoms with Crippen molar-refractivity contribution in [1.82, 2.24) is 19.9 Å². The molecule has 2 aromatic rings.